The van der Waals surface area contributed by atoms with Gasteiger partial charge in [-0.3, -0.25) is 0 Å². The Morgan fingerprint density at radius 3 is 1.25 bits per heavy atom. The van der Waals surface area contributed by atoms with Crippen molar-refractivity contribution in [2.24, 2.45) is 11.8 Å². The van der Waals surface area contributed by atoms with Crippen molar-refractivity contribution in [2.75, 3.05) is 39.8 Å². The van der Waals surface area contributed by atoms with E-state index in [0.717, 1.165) is 5.70 Å². The molecule has 0 spiro atoms. The third-order valence-electron chi connectivity index (χ3n) is 13.4. The van der Waals surface area contributed by atoms with E-state index in [2.05, 4.69) is 30.4 Å². The van der Waals surface area contributed by atoms with Crippen molar-refractivity contribution in [1.29, 1.82) is 0 Å². The maximum Gasteiger partial charge on any atom is 0.186 e. The third-order valence-corrected chi connectivity index (χ3v) is 13.4. The lowest BCUT2D eigenvalue weighted by Crippen LogP contribution is -2.63. The molecule has 0 radical (unpaired) electrons. The summed E-state index contributed by atoms with van der Waals surface area (Å²) < 4.78 is 47.2. The van der Waals surface area contributed by atoms with Crippen LogP contribution in [0.25, 0.3) is 0 Å². The molecule has 64 heavy (non-hydrogen) atoms. The Morgan fingerprint density at radius 1 is 0.500 bits per heavy atom. The number of aliphatic hydroxyl groups is 10. The minimum atomic E-state index is -1.53. The maximum absolute atomic E-state index is 11.3. The van der Waals surface area contributed by atoms with E-state index in [1.165, 1.54) is 0 Å². The van der Waals surface area contributed by atoms with Crippen LogP contribution in [0, 0.1) is 11.8 Å². The quantitative estimate of drug-likeness (QED) is 0.0768. The van der Waals surface area contributed by atoms with Crippen LogP contribution in [0.2, 0.25) is 0 Å². The lowest BCUT2D eigenvalue weighted by atomic mass is 9.83. The summed E-state index contributed by atoms with van der Waals surface area (Å²) in [6, 6.07) is 0. The van der Waals surface area contributed by atoms with Crippen molar-refractivity contribution < 1.29 is 89.0 Å². The summed E-state index contributed by atoms with van der Waals surface area (Å²) in [6.07, 6.45) is -17.5. The zero-order valence-corrected chi connectivity index (χ0v) is 36.7. The number of hydrogen-bond acceptors (Lipinski definition) is 21. The van der Waals surface area contributed by atoms with E-state index < -0.39 is 136 Å². The van der Waals surface area contributed by atoms with Gasteiger partial charge in [0.2, 0.25) is 0 Å². The molecule has 12 saturated heterocycles. The minimum absolute atomic E-state index is 0.195. The number of rotatable bonds is 15. The summed E-state index contributed by atoms with van der Waals surface area (Å²) in [7, 11) is 0. The van der Waals surface area contributed by atoms with Crippen molar-refractivity contribution in [3.63, 3.8) is 0 Å². The van der Waals surface area contributed by atoms with Gasteiger partial charge >= 0.3 is 0 Å². The van der Waals surface area contributed by atoms with E-state index in [4.69, 9.17) is 37.9 Å². The molecule has 0 aromatic carbocycles. The van der Waals surface area contributed by atoms with Crippen molar-refractivity contribution in [3.8, 4) is 0 Å². The molecular formula is C43H73N3O18. The highest BCUT2D eigenvalue weighted by molar-refractivity contribution is 5.01. The molecule has 0 aliphatic carbocycles. The molecule has 20 unspecified atom stereocenters. The fraction of sp³-hybridized carbons (Fsp3) is 0.860. The van der Waals surface area contributed by atoms with Gasteiger partial charge in [0, 0.05) is 42.1 Å². The molecule has 0 aromatic rings. The molecule has 21 nitrogen and oxygen atoms in total. The summed E-state index contributed by atoms with van der Waals surface area (Å²) in [5, 5.41) is 115. The van der Waals surface area contributed by atoms with Crippen LogP contribution in [0.15, 0.2) is 36.8 Å². The van der Waals surface area contributed by atoms with Crippen molar-refractivity contribution in [1.82, 2.24) is 15.5 Å². The number of aliphatic hydroxyl groups excluding tert-OH is 10. The van der Waals surface area contributed by atoms with E-state index in [1.54, 1.807) is 0 Å². The Bertz CT molecular complexity index is 1400. The molecule has 12 fully saturated rings. The molecule has 12 heterocycles. The first-order chi connectivity index (χ1) is 30.6. The second kappa shape index (κ2) is 23.8. The number of nitrogens with one attached hydrogen (secondary N) is 2. The van der Waals surface area contributed by atoms with Crippen molar-refractivity contribution in [3.05, 3.63) is 36.8 Å². The first-order valence-corrected chi connectivity index (χ1v) is 22.7. The minimum Gasteiger partial charge on any atom is -0.394 e. The molecule has 0 amide bonds. The molecule has 12 aliphatic heterocycles. The predicted octanol–water partition coefficient (Wildman–Crippen LogP) is -2.32. The van der Waals surface area contributed by atoms with Crippen LogP contribution >= 0.6 is 0 Å². The van der Waals surface area contributed by atoms with Gasteiger partial charge in [-0.15, -0.1) is 0 Å². The molecule has 12 aliphatic rings. The molecule has 20 atom stereocenters. The van der Waals surface area contributed by atoms with Gasteiger partial charge in [0.05, 0.1) is 51.0 Å². The molecule has 12 rings (SSSR count). The largest absolute Gasteiger partial charge is 0.394 e. The topological polar surface area (TPSA) is 303 Å². The predicted molar refractivity (Wildman–Crippen MR) is 223 cm³/mol. The molecule has 0 saturated carbocycles. The SMILES string of the molecule is C=C(CCC1OC2OC3C(CO)OC(OCCCCC1C(O)C2O)C(O)C3O)NCN(CNC(=C)CCC1OC2OC3C(CO)OC(OCCCCC1C(O)C2O)C(O)C3O)C(=C)C. The van der Waals surface area contributed by atoms with Gasteiger partial charge in [0.1, 0.15) is 61.0 Å². The van der Waals surface area contributed by atoms with E-state index >= 15 is 0 Å². The Balaban J connectivity index is 1.00. The first kappa shape index (κ1) is 51.3. The highest BCUT2D eigenvalue weighted by Gasteiger charge is 2.53. The number of nitrogens with zero attached hydrogens (tertiary/aromatic N) is 1. The molecule has 21 heteroatoms. The summed E-state index contributed by atoms with van der Waals surface area (Å²) >= 11 is 0. The maximum atomic E-state index is 11.3. The average Bonchev–Trinajstić information content (AvgIpc) is 3.27. The first-order valence-electron chi connectivity index (χ1n) is 22.7. The monoisotopic (exact) mass is 919 g/mol. The number of allylic oxidation sites excluding steroid dienone is 3. The van der Waals surface area contributed by atoms with Gasteiger partial charge in [0.25, 0.3) is 0 Å². The van der Waals surface area contributed by atoms with Gasteiger partial charge < -0.3 is 104 Å². The average molecular weight is 920 g/mol. The smallest absolute Gasteiger partial charge is 0.186 e. The lowest BCUT2D eigenvalue weighted by Gasteiger charge is -2.47. The summed E-state index contributed by atoms with van der Waals surface area (Å²) in [4.78, 5) is 1.94. The van der Waals surface area contributed by atoms with Gasteiger partial charge in [-0.2, -0.15) is 0 Å². The lowest BCUT2D eigenvalue weighted by molar-refractivity contribution is -0.356. The molecular weight excluding hydrogens is 846 g/mol. The normalized spacial score (nSPS) is 43.2. The van der Waals surface area contributed by atoms with Crippen molar-refractivity contribution in [2.45, 2.75) is 182 Å². The van der Waals surface area contributed by atoms with Crippen LogP contribution in [-0.2, 0) is 37.9 Å². The van der Waals surface area contributed by atoms with E-state index in [0.29, 0.717) is 88.9 Å². The zero-order chi connectivity index (χ0) is 46.2. The van der Waals surface area contributed by atoms with Crippen LogP contribution in [-0.4, -0.2) is 206 Å². The van der Waals surface area contributed by atoms with Crippen LogP contribution in [0.1, 0.15) is 71.1 Å². The Kier molecular flexibility index (Phi) is 19.0. The molecule has 368 valence electrons. The summed E-state index contributed by atoms with van der Waals surface area (Å²) in [6.45, 7) is 14.3. The van der Waals surface area contributed by atoms with E-state index in [1.807, 2.05) is 11.8 Å². The van der Waals surface area contributed by atoms with Crippen molar-refractivity contribution >= 4 is 0 Å². The van der Waals surface area contributed by atoms with E-state index in [-0.39, 0.29) is 13.2 Å². The summed E-state index contributed by atoms with van der Waals surface area (Å²) in [5.74, 6) is -0.905. The van der Waals surface area contributed by atoms with Crippen LogP contribution in [0.4, 0.5) is 0 Å². The fourth-order valence-corrected chi connectivity index (χ4v) is 9.42. The zero-order valence-electron chi connectivity index (χ0n) is 36.7. The second-order valence-electron chi connectivity index (χ2n) is 18.0. The Hall–Kier alpha value is -2.10. The van der Waals surface area contributed by atoms with Gasteiger partial charge in [-0.05, 0) is 58.3 Å². The van der Waals surface area contributed by atoms with Gasteiger partial charge in [-0.1, -0.05) is 32.6 Å². The molecule has 0 aromatic heterocycles. The second-order valence-corrected chi connectivity index (χ2v) is 18.0. The van der Waals surface area contributed by atoms with E-state index in [9.17, 15) is 51.1 Å². The summed E-state index contributed by atoms with van der Waals surface area (Å²) in [5.41, 5.74) is 2.08. The number of hydrogen-bond donors (Lipinski definition) is 12. The Labute approximate surface area is 374 Å². The fourth-order valence-electron chi connectivity index (χ4n) is 9.42. The van der Waals surface area contributed by atoms with Crippen LogP contribution in [0.3, 0.4) is 0 Å². The number of ether oxygens (including phenoxy) is 8. The van der Waals surface area contributed by atoms with Gasteiger partial charge in [-0.25, -0.2) is 0 Å². The van der Waals surface area contributed by atoms with Crippen LogP contribution < -0.4 is 10.6 Å². The molecule has 8 bridgehead atoms. The van der Waals surface area contributed by atoms with Gasteiger partial charge in [0.15, 0.2) is 25.2 Å². The highest BCUT2D eigenvalue weighted by atomic mass is 16.7. The standard InChI is InChI=1S/C43H73N3O18/c1-21(2)46(19-44-22(3)11-13-26-24-9-5-7-15-57-40-36(55)32(51)38(28(17-47)61-40)63-42(59-26)34(53)30(24)49)20-45-23(4)12-14-27-25-10-6-8-16-58-41-37(56)33(52)39(29(18-48)62-41)64-43(60-27)35(54)31(25)50/h24-45,47-56H,1,3-20H2,2H3. The third kappa shape index (κ3) is 12.3. The molecule has 12 N–H and O–H groups in total. The Morgan fingerprint density at radius 2 is 0.875 bits per heavy atom. The van der Waals surface area contributed by atoms with Crippen LogP contribution in [0.5, 0.6) is 0 Å². The highest BCUT2D eigenvalue weighted by Crippen LogP contribution is 2.38.